The van der Waals surface area contributed by atoms with Crippen molar-refractivity contribution in [2.75, 3.05) is 5.32 Å². The molecular formula is C8H8N2O4. The highest BCUT2D eigenvalue weighted by molar-refractivity contribution is 5.92. The number of hydrogen-bond donors (Lipinski definition) is 4. The van der Waals surface area contributed by atoms with Gasteiger partial charge < -0.3 is 21.3 Å². The number of aromatic hydroxyl groups is 1. The van der Waals surface area contributed by atoms with Crippen LogP contribution in [-0.2, 0) is 0 Å². The zero-order valence-electron chi connectivity index (χ0n) is 7.02. The molecule has 0 aromatic heterocycles. The first-order valence-electron chi connectivity index (χ1n) is 3.63. The molecule has 0 atom stereocenters. The molecule has 2 amide bonds. The lowest BCUT2D eigenvalue weighted by Gasteiger charge is -2.04. The lowest BCUT2D eigenvalue weighted by atomic mass is 10.2. The highest BCUT2D eigenvalue weighted by atomic mass is 16.4. The number of urea groups is 1. The van der Waals surface area contributed by atoms with Crippen LogP contribution in [0.1, 0.15) is 10.4 Å². The van der Waals surface area contributed by atoms with Gasteiger partial charge in [0.15, 0.2) is 0 Å². The van der Waals surface area contributed by atoms with E-state index in [9.17, 15) is 14.7 Å². The van der Waals surface area contributed by atoms with Crippen LogP contribution < -0.4 is 11.1 Å². The average Bonchev–Trinajstić information content (AvgIpc) is 2.07. The number of carboxylic acid groups (broad SMARTS) is 1. The van der Waals surface area contributed by atoms with Gasteiger partial charge in [-0.15, -0.1) is 0 Å². The molecule has 74 valence electrons. The van der Waals surface area contributed by atoms with E-state index in [4.69, 9.17) is 10.8 Å². The molecule has 1 rings (SSSR count). The standard InChI is InChI=1S/C8H8N2O4/c9-8(14)10-5-2-1-4(7(12)13)3-6(5)11/h1-3,11H,(H,12,13)(H3,9,10,14). The Kier molecular flexibility index (Phi) is 2.57. The van der Waals surface area contributed by atoms with Crippen LogP contribution in [0.4, 0.5) is 10.5 Å². The van der Waals surface area contributed by atoms with Crippen molar-refractivity contribution >= 4 is 17.7 Å². The summed E-state index contributed by atoms with van der Waals surface area (Å²) < 4.78 is 0. The number of rotatable bonds is 2. The van der Waals surface area contributed by atoms with Crippen LogP contribution in [0, 0.1) is 0 Å². The largest absolute Gasteiger partial charge is 0.506 e. The maximum absolute atomic E-state index is 10.5. The summed E-state index contributed by atoms with van der Waals surface area (Å²) in [6.07, 6.45) is 0. The Bertz CT molecular complexity index is 389. The van der Waals surface area contributed by atoms with Crippen molar-refractivity contribution in [2.45, 2.75) is 0 Å². The van der Waals surface area contributed by atoms with E-state index in [0.717, 1.165) is 6.07 Å². The van der Waals surface area contributed by atoms with E-state index < -0.39 is 12.0 Å². The highest BCUT2D eigenvalue weighted by Gasteiger charge is 2.08. The summed E-state index contributed by atoms with van der Waals surface area (Å²) in [6.45, 7) is 0. The van der Waals surface area contributed by atoms with Gasteiger partial charge in [0, 0.05) is 0 Å². The second-order valence-electron chi connectivity index (χ2n) is 2.53. The summed E-state index contributed by atoms with van der Waals surface area (Å²) in [7, 11) is 0. The fourth-order valence-electron chi connectivity index (χ4n) is 0.903. The van der Waals surface area contributed by atoms with E-state index in [1.54, 1.807) is 0 Å². The predicted octanol–water partition coefficient (Wildman–Crippen LogP) is 0.581. The topological polar surface area (TPSA) is 113 Å². The van der Waals surface area contributed by atoms with Gasteiger partial charge in [-0.2, -0.15) is 0 Å². The number of anilines is 1. The highest BCUT2D eigenvalue weighted by Crippen LogP contribution is 2.23. The van der Waals surface area contributed by atoms with Crippen molar-refractivity contribution in [1.29, 1.82) is 0 Å². The first-order chi connectivity index (χ1) is 6.50. The Labute approximate surface area is 79.0 Å². The molecule has 0 saturated heterocycles. The molecule has 0 aliphatic rings. The van der Waals surface area contributed by atoms with Gasteiger partial charge in [0.05, 0.1) is 11.3 Å². The number of nitrogens with one attached hydrogen (secondary N) is 1. The quantitative estimate of drug-likeness (QED) is 0.518. The number of nitrogens with two attached hydrogens (primary N) is 1. The molecule has 1 aromatic carbocycles. The lowest BCUT2D eigenvalue weighted by Crippen LogP contribution is -2.19. The number of aromatic carboxylic acids is 1. The molecule has 6 nitrogen and oxygen atoms in total. The minimum Gasteiger partial charge on any atom is -0.506 e. The third-order valence-electron chi connectivity index (χ3n) is 1.50. The molecule has 0 unspecified atom stereocenters. The van der Waals surface area contributed by atoms with E-state index in [-0.39, 0.29) is 17.0 Å². The zero-order valence-corrected chi connectivity index (χ0v) is 7.02. The molecule has 1 aromatic rings. The number of carbonyl (C=O) groups excluding carboxylic acids is 1. The Hall–Kier alpha value is -2.24. The summed E-state index contributed by atoms with van der Waals surface area (Å²) in [5.74, 6) is -1.50. The number of amides is 2. The minimum atomic E-state index is -1.16. The van der Waals surface area contributed by atoms with Crippen molar-refractivity contribution in [2.24, 2.45) is 5.73 Å². The van der Waals surface area contributed by atoms with E-state index >= 15 is 0 Å². The third kappa shape index (κ3) is 2.13. The summed E-state index contributed by atoms with van der Waals surface area (Å²) in [4.78, 5) is 20.9. The molecule has 0 radical (unpaired) electrons. The van der Waals surface area contributed by atoms with Crippen LogP contribution in [0.25, 0.3) is 0 Å². The summed E-state index contributed by atoms with van der Waals surface area (Å²) in [5, 5.41) is 19.9. The van der Waals surface area contributed by atoms with Crippen LogP contribution in [0.3, 0.4) is 0 Å². The number of carbonyl (C=O) groups is 2. The van der Waals surface area contributed by atoms with Gasteiger partial charge in [0.2, 0.25) is 0 Å². The van der Waals surface area contributed by atoms with Crippen LogP contribution in [0.2, 0.25) is 0 Å². The van der Waals surface area contributed by atoms with Crippen molar-refractivity contribution in [3.8, 4) is 5.75 Å². The second-order valence-corrected chi connectivity index (χ2v) is 2.53. The van der Waals surface area contributed by atoms with Crippen LogP contribution in [0.15, 0.2) is 18.2 Å². The first-order valence-corrected chi connectivity index (χ1v) is 3.63. The van der Waals surface area contributed by atoms with Crippen LogP contribution in [-0.4, -0.2) is 22.2 Å². The molecule has 0 bridgehead atoms. The van der Waals surface area contributed by atoms with E-state index in [0.29, 0.717) is 0 Å². The summed E-state index contributed by atoms with van der Waals surface area (Å²) in [5.41, 5.74) is 4.81. The van der Waals surface area contributed by atoms with Gasteiger partial charge in [-0.05, 0) is 18.2 Å². The number of carboxylic acids is 1. The Balaban J connectivity index is 3.01. The molecule has 6 heteroatoms. The molecule has 0 heterocycles. The van der Waals surface area contributed by atoms with Crippen molar-refractivity contribution in [3.05, 3.63) is 23.8 Å². The van der Waals surface area contributed by atoms with Gasteiger partial charge in [-0.3, -0.25) is 0 Å². The number of phenolic OH excluding ortho intramolecular Hbond substituents is 1. The first kappa shape index (κ1) is 9.85. The summed E-state index contributed by atoms with van der Waals surface area (Å²) >= 11 is 0. The van der Waals surface area contributed by atoms with E-state index in [2.05, 4.69) is 5.32 Å². The second kappa shape index (κ2) is 3.65. The fraction of sp³-hybridized carbons (Fsp3) is 0. The molecule has 14 heavy (non-hydrogen) atoms. The van der Waals surface area contributed by atoms with Gasteiger partial charge in [0.1, 0.15) is 5.75 Å². The lowest BCUT2D eigenvalue weighted by molar-refractivity contribution is 0.0696. The fourth-order valence-corrected chi connectivity index (χ4v) is 0.903. The zero-order chi connectivity index (χ0) is 10.7. The molecule has 0 aliphatic heterocycles. The van der Waals surface area contributed by atoms with Gasteiger partial charge in [0.25, 0.3) is 0 Å². The SMILES string of the molecule is NC(=O)Nc1ccc(C(=O)O)cc1O. The number of hydrogen-bond acceptors (Lipinski definition) is 3. The van der Waals surface area contributed by atoms with Gasteiger partial charge >= 0.3 is 12.0 Å². The smallest absolute Gasteiger partial charge is 0.335 e. The number of benzene rings is 1. The van der Waals surface area contributed by atoms with Crippen LogP contribution >= 0.6 is 0 Å². The normalized spacial score (nSPS) is 9.43. The molecule has 0 saturated carbocycles. The van der Waals surface area contributed by atoms with E-state index in [1.807, 2.05) is 0 Å². The Morgan fingerprint density at radius 2 is 2.00 bits per heavy atom. The predicted molar refractivity (Wildman–Crippen MR) is 48.3 cm³/mol. The molecular weight excluding hydrogens is 188 g/mol. The third-order valence-corrected chi connectivity index (χ3v) is 1.50. The van der Waals surface area contributed by atoms with Crippen molar-refractivity contribution in [3.63, 3.8) is 0 Å². The maximum Gasteiger partial charge on any atom is 0.335 e. The van der Waals surface area contributed by atoms with Gasteiger partial charge in [-0.25, -0.2) is 9.59 Å². The molecule has 0 spiro atoms. The van der Waals surface area contributed by atoms with E-state index in [1.165, 1.54) is 12.1 Å². The molecule has 0 aliphatic carbocycles. The minimum absolute atomic E-state index is 0.0717. The Morgan fingerprint density at radius 3 is 2.43 bits per heavy atom. The maximum atomic E-state index is 10.5. The molecule has 5 N–H and O–H groups in total. The van der Waals surface area contributed by atoms with Gasteiger partial charge in [-0.1, -0.05) is 0 Å². The summed E-state index contributed by atoms with van der Waals surface area (Å²) in [6, 6.07) is 2.69. The monoisotopic (exact) mass is 196 g/mol. The van der Waals surface area contributed by atoms with Crippen LogP contribution in [0.5, 0.6) is 5.75 Å². The van der Waals surface area contributed by atoms with Crippen molar-refractivity contribution in [1.82, 2.24) is 0 Å². The average molecular weight is 196 g/mol. The van der Waals surface area contributed by atoms with Crippen molar-refractivity contribution < 1.29 is 19.8 Å². The Morgan fingerprint density at radius 1 is 1.36 bits per heavy atom. The number of primary amides is 1. The number of phenols is 1. The molecule has 0 fully saturated rings.